The Hall–Kier alpha value is -1.92. The molecule has 166 valence electrons. The molecule has 2 heterocycles. The summed E-state index contributed by atoms with van der Waals surface area (Å²) in [6, 6.07) is 13.1. The SMILES string of the molecule is CCCCC(C)c1nnc(-c2nn(-c3ccc(Cl)cc3Cl)c(-c3ccc(Cl)cc3)c2C)s1. The van der Waals surface area contributed by atoms with Gasteiger partial charge in [-0.1, -0.05) is 85.0 Å². The fraction of sp³-hybridized carbons (Fsp3) is 0.292. The topological polar surface area (TPSA) is 43.6 Å². The number of hydrogen-bond acceptors (Lipinski definition) is 4. The average Bonchev–Trinajstić information content (AvgIpc) is 3.38. The Kier molecular flexibility index (Phi) is 7.21. The zero-order chi connectivity index (χ0) is 22.8. The first-order valence-electron chi connectivity index (χ1n) is 10.5. The Morgan fingerprint density at radius 3 is 2.41 bits per heavy atom. The Labute approximate surface area is 207 Å². The zero-order valence-electron chi connectivity index (χ0n) is 18.1. The summed E-state index contributed by atoms with van der Waals surface area (Å²) >= 11 is 20.4. The van der Waals surface area contributed by atoms with E-state index in [0.717, 1.165) is 44.6 Å². The minimum atomic E-state index is 0.380. The lowest BCUT2D eigenvalue weighted by Crippen LogP contribution is -2.00. The summed E-state index contributed by atoms with van der Waals surface area (Å²) in [4.78, 5) is 0. The van der Waals surface area contributed by atoms with Crippen LogP contribution in [0.1, 0.15) is 49.6 Å². The lowest BCUT2D eigenvalue weighted by atomic mass is 10.1. The molecule has 0 saturated heterocycles. The van der Waals surface area contributed by atoms with Crippen molar-refractivity contribution >= 4 is 46.1 Å². The van der Waals surface area contributed by atoms with Gasteiger partial charge in [0.25, 0.3) is 0 Å². The van der Waals surface area contributed by atoms with Crippen LogP contribution < -0.4 is 0 Å². The highest BCUT2D eigenvalue weighted by Gasteiger charge is 2.23. The van der Waals surface area contributed by atoms with Crippen LogP contribution in [0.3, 0.4) is 0 Å². The van der Waals surface area contributed by atoms with Gasteiger partial charge in [0.2, 0.25) is 0 Å². The summed E-state index contributed by atoms with van der Waals surface area (Å²) in [7, 11) is 0. The highest BCUT2D eigenvalue weighted by atomic mass is 35.5. The van der Waals surface area contributed by atoms with E-state index in [1.165, 1.54) is 12.8 Å². The van der Waals surface area contributed by atoms with E-state index in [4.69, 9.17) is 39.9 Å². The molecule has 0 fully saturated rings. The first-order valence-corrected chi connectivity index (χ1v) is 12.5. The maximum absolute atomic E-state index is 6.56. The monoisotopic (exact) mass is 504 g/mol. The summed E-state index contributed by atoms with van der Waals surface area (Å²) in [6.07, 6.45) is 3.46. The van der Waals surface area contributed by atoms with Gasteiger partial charge in [-0.15, -0.1) is 10.2 Å². The first-order chi connectivity index (χ1) is 15.4. The van der Waals surface area contributed by atoms with Gasteiger partial charge < -0.3 is 0 Å². The van der Waals surface area contributed by atoms with Gasteiger partial charge in [-0.3, -0.25) is 0 Å². The second-order valence-electron chi connectivity index (χ2n) is 7.83. The summed E-state index contributed by atoms with van der Waals surface area (Å²) < 4.78 is 1.86. The van der Waals surface area contributed by atoms with E-state index in [2.05, 4.69) is 24.0 Å². The van der Waals surface area contributed by atoms with E-state index in [1.54, 1.807) is 17.4 Å². The van der Waals surface area contributed by atoms with Gasteiger partial charge in [-0.2, -0.15) is 5.10 Å². The van der Waals surface area contributed by atoms with Gasteiger partial charge in [0.05, 0.1) is 16.4 Å². The van der Waals surface area contributed by atoms with Crippen LogP contribution in [-0.2, 0) is 0 Å². The Bertz CT molecular complexity index is 1230. The molecule has 4 aromatic rings. The van der Waals surface area contributed by atoms with Crippen molar-refractivity contribution in [2.75, 3.05) is 0 Å². The van der Waals surface area contributed by atoms with Crippen LogP contribution in [0.15, 0.2) is 42.5 Å². The maximum Gasteiger partial charge on any atom is 0.168 e. The van der Waals surface area contributed by atoms with Crippen molar-refractivity contribution in [2.45, 2.75) is 46.0 Å². The van der Waals surface area contributed by atoms with E-state index < -0.39 is 0 Å². The van der Waals surface area contributed by atoms with E-state index in [9.17, 15) is 0 Å². The van der Waals surface area contributed by atoms with Crippen LogP contribution in [0.25, 0.3) is 27.6 Å². The van der Waals surface area contributed by atoms with Crippen molar-refractivity contribution in [1.82, 2.24) is 20.0 Å². The molecular weight excluding hydrogens is 483 g/mol. The second-order valence-corrected chi connectivity index (χ2v) is 10.1. The molecule has 0 aliphatic heterocycles. The molecule has 1 atom stereocenters. The molecule has 0 radical (unpaired) electrons. The number of halogens is 3. The molecule has 0 saturated carbocycles. The number of unbranched alkanes of at least 4 members (excludes halogenated alkanes) is 1. The van der Waals surface area contributed by atoms with Gasteiger partial charge in [0, 0.05) is 27.1 Å². The predicted molar refractivity (Wildman–Crippen MR) is 136 cm³/mol. The van der Waals surface area contributed by atoms with Crippen LogP contribution in [0.2, 0.25) is 15.1 Å². The van der Waals surface area contributed by atoms with Crippen LogP contribution in [0.4, 0.5) is 0 Å². The summed E-state index contributed by atoms with van der Waals surface area (Å²) in [5, 5.41) is 17.5. The van der Waals surface area contributed by atoms with E-state index >= 15 is 0 Å². The van der Waals surface area contributed by atoms with Gasteiger partial charge in [0.15, 0.2) is 5.01 Å². The summed E-state index contributed by atoms with van der Waals surface area (Å²) in [6.45, 7) is 6.46. The highest BCUT2D eigenvalue weighted by Crippen LogP contribution is 2.38. The van der Waals surface area contributed by atoms with Crippen molar-refractivity contribution in [2.24, 2.45) is 0 Å². The number of aromatic nitrogens is 4. The lowest BCUT2D eigenvalue weighted by Gasteiger charge is -2.11. The van der Waals surface area contributed by atoms with Crippen molar-refractivity contribution in [3.05, 3.63) is 68.1 Å². The number of nitrogens with zero attached hydrogens (tertiary/aromatic N) is 4. The fourth-order valence-electron chi connectivity index (χ4n) is 3.64. The number of rotatable bonds is 7. The molecule has 0 bridgehead atoms. The molecule has 0 spiro atoms. The second kappa shape index (κ2) is 9.92. The van der Waals surface area contributed by atoms with E-state index in [-0.39, 0.29) is 0 Å². The van der Waals surface area contributed by atoms with Crippen LogP contribution in [0.5, 0.6) is 0 Å². The molecule has 0 amide bonds. The number of hydrogen-bond donors (Lipinski definition) is 0. The van der Waals surface area contributed by atoms with Gasteiger partial charge >= 0.3 is 0 Å². The predicted octanol–water partition coefficient (Wildman–Crippen LogP) is 8.62. The molecule has 4 nitrogen and oxygen atoms in total. The molecule has 4 rings (SSSR count). The third-order valence-corrected chi connectivity index (χ3v) is 7.38. The molecule has 2 aromatic carbocycles. The maximum atomic E-state index is 6.56. The van der Waals surface area contributed by atoms with Gasteiger partial charge in [-0.25, -0.2) is 4.68 Å². The quantitative estimate of drug-likeness (QED) is 0.252. The van der Waals surface area contributed by atoms with Crippen molar-refractivity contribution in [3.8, 4) is 27.6 Å². The average molecular weight is 506 g/mol. The molecule has 0 aliphatic rings. The molecule has 0 aliphatic carbocycles. The third-order valence-electron chi connectivity index (χ3n) is 5.43. The summed E-state index contributed by atoms with van der Waals surface area (Å²) in [5.74, 6) is 0.380. The fourth-order valence-corrected chi connectivity index (χ4v) is 5.22. The molecule has 2 aromatic heterocycles. The third kappa shape index (κ3) is 4.72. The first kappa shape index (κ1) is 23.2. The number of benzene rings is 2. The summed E-state index contributed by atoms with van der Waals surface area (Å²) in [5.41, 5.74) is 4.46. The van der Waals surface area contributed by atoms with Gasteiger partial charge in [-0.05, 0) is 43.7 Å². The largest absolute Gasteiger partial charge is 0.231 e. The molecule has 32 heavy (non-hydrogen) atoms. The van der Waals surface area contributed by atoms with Crippen molar-refractivity contribution in [1.29, 1.82) is 0 Å². The van der Waals surface area contributed by atoms with Gasteiger partial charge in [0.1, 0.15) is 10.7 Å². The Morgan fingerprint density at radius 1 is 1.00 bits per heavy atom. The molecular formula is C24H23Cl3N4S. The normalized spacial score (nSPS) is 12.3. The molecule has 8 heteroatoms. The standard InChI is InChI=1S/C24H23Cl3N4S/c1-4-5-6-14(2)23-28-29-24(32-23)21-15(3)22(16-7-9-17(25)10-8-16)31(30-21)20-12-11-18(26)13-19(20)27/h7-14H,4-6H2,1-3H3. The van der Waals surface area contributed by atoms with Crippen LogP contribution in [0, 0.1) is 6.92 Å². The smallest absolute Gasteiger partial charge is 0.168 e. The van der Waals surface area contributed by atoms with E-state index in [0.29, 0.717) is 21.0 Å². The highest BCUT2D eigenvalue weighted by molar-refractivity contribution is 7.14. The van der Waals surface area contributed by atoms with Crippen molar-refractivity contribution < 1.29 is 0 Å². The minimum Gasteiger partial charge on any atom is -0.231 e. The zero-order valence-corrected chi connectivity index (χ0v) is 21.2. The van der Waals surface area contributed by atoms with Crippen LogP contribution in [-0.4, -0.2) is 20.0 Å². The van der Waals surface area contributed by atoms with Crippen molar-refractivity contribution in [3.63, 3.8) is 0 Å². The van der Waals surface area contributed by atoms with Crippen LogP contribution >= 0.6 is 46.1 Å². The molecule has 0 N–H and O–H groups in total. The lowest BCUT2D eigenvalue weighted by molar-refractivity contribution is 0.616. The minimum absolute atomic E-state index is 0.380. The van der Waals surface area contributed by atoms with E-state index in [1.807, 2.05) is 48.0 Å². The Balaban J connectivity index is 1.85. The Morgan fingerprint density at radius 2 is 1.72 bits per heavy atom. The molecule has 1 unspecified atom stereocenters.